The summed E-state index contributed by atoms with van der Waals surface area (Å²) in [6, 6.07) is 6.05. The third-order valence-electron chi connectivity index (χ3n) is 1.85. The molecule has 0 bridgehead atoms. The van der Waals surface area contributed by atoms with E-state index in [-0.39, 0.29) is 23.5 Å². The van der Waals surface area contributed by atoms with Gasteiger partial charge in [0.25, 0.3) is 0 Å². The van der Waals surface area contributed by atoms with Crippen molar-refractivity contribution in [3.8, 4) is 11.8 Å². The van der Waals surface area contributed by atoms with Crippen molar-refractivity contribution in [2.45, 2.75) is 0 Å². The van der Waals surface area contributed by atoms with Crippen LogP contribution in [0.2, 0.25) is 0 Å². The Balaban J connectivity index is 3.02. The van der Waals surface area contributed by atoms with Gasteiger partial charge in [-0.15, -0.1) is 0 Å². The maximum atomic E-state index is 11.2. The molecule has 5 heteroatoms. The normalized spacial score (nSPS) is 9.00. The van der Waals surface area contributed by atoms with Gasteiger partial charge in [-0.25, -0.2) is 4.79 Å². The Hall–Kier alpha value is -2.35. The molecule has 1 aromatic carbocycles. The van der Waals surface area contributed by atoms with E-state index < -0.39 is 5.97 Å². The van der Waals surface area contributed by atoms with Gasteiger partial charge in [0.1, 0.15) is 11.8 Å². The van der Waals surface area contributed by atoms with Crippen molar-refractivity contribution >= 4 is 12.3 Å². The highest BCUT2D eigenvalue weighted by Gasteiger charge is 2.10. The van der Waals surface area contributed by atoms with Crippen LogP contribution in [-0.4, -0.2) is 26.0 Å². The van der Waals surface area contributed by atoms with E-state index in [1.807, 2.05) is 0 Å². The van der Waals surface area contributed by atoms with E-state index in [4.69, 9.17) is 10.00 Å². The molecule has 0 saturated heterocycles. The molecule has 0 heterocycles. The van der Waals surface area contributed by atoms with Gasteiger partial charge < -0.3 is 9.47 Å². The number of esters is 1. The molecule has 0 saturated carbocycles. The second-order valence-electron chi connectivity index (χ2n) is 2.81. The first-order valence-corrected chi connectivity index (χ1v) is 4.40. The Morgan fingerprint density at radius 1 is 1.56 bits per heavy atom. The standard InChI is InChI=1S/C11H9NO4/c1-15-11(14)8-2-3-10(16-5-4-12)9(6-8)7-13/h2-3,6-7H,5H2,1H3. The second-order valence-corrected chi connectivity index (χ2v) is 2.81. The van der Waals surface area contributed by atoms with E-state index in [9.17, 15) is 9.59 Å². The van der Waals surface area contributed by atoms with Gasteiger partial charge in [-0.2, -0.15) is 5.26 Å². The fraction of sp³-hybridized carbons (Fsp3) is 0.182. The lowest BCUT2D eigenvalue weighted by Gasteiger charge is -2.06. The van der Waals surface area contributed by atoms with Crippen LogP contribution in [0.1, 0.15) is 20.7 Å². The molecule has 0 N–H and O–H groups in total. The molecule has 0 amide bonds. The predicted molar refractivity (Wildman–Crippen MR) is 54.3 cm³/mol. The number of benzene rings is 1. The number of rotatable bonds is 4. The molecule has 1 rings (SSSR count). The molecule has 0 aromatic heterocycles. The summed E-state index contributed by atoms with van der Waals surface area (Å²) in [7, 11) is 1.25. The Morgan fingerprint density at radius 2 is 2.31 bits per heavy atom. The molecule has 82 valence electrons. The van der Waals surface area contributed by atoms with Crippen LogP contribution < -0.4 is 4.74 Å². The number of hydrogen-bond acceptors (Lipinski definition) is 5. The predicted octanol–water partition coefficient (Wildman–Crippen LogP) is 1.19. The Morgan fingerprint density at radius 3 is 2.88 bits per heavy atom. The molecule has 0 aliphatic carbocycles. The number of aldehydes is 1. The highest BCUT2D eigenvalue weighted by atomic mass is 16.5. The minimum Gasteiger partial charge on any atom is -0.478 e. The van der Waals surface area contributed by atoms with Crippen LogP contribution in [0.4, 0.5) is 0 Å². The zero-order valence-corrected chi connectivity index (χ0v) is 8.60. The van der Waals surface area contributed by atoms with Crippen molar-refractivity contribution in [1.29, 1.82) is 5.26 Å². The van der Waals surface area contributed by atoms with E-state index in [0.29, 0.717) is 6.29 Å². The minimum atomic E-state index is -0.532. The van der Waals surface area contributed by atoms with Crippen molar-refractivity contribution in [2.75, 3.05) is 13.7 Å². The molecular formula is C11H9NO4. The zero-order chi connectivity index (χ0) is 12.0. The first-order valence-electron chi connectivity index (χ1n) is 4.40. The van der Waals surface area contributed by atoms with Gasteiger partial charge >= 0.3 is 5.97 Å². The monoisotopic (exact) mass is 219 g/mol. The Labute approximate surface area is 92.2 Å². The zero-order valence-electron chi connectivity index (χ0n) is 8.60. The maximum absolute atomic E-state index is 11.2. The summed E-state index contributed by atoms with van der Waals surface area (Å²) in [6.07, 6.45) is 0.555. The van der Waals surface area contributed by atoms with Crippen LogP contribution in [0.3, 0.4) is 0 Å². The summed E-state index contributed by atoms with van der Waals surface area (Å²) in [5.74, 6) is -0.265. The van der Waals surface area contributed by atoms with Crippen LogP contribution >= 0.6 is 0 Å². The van der Waals surface area contributed by atoms with Crippen LogP contribution in [-0.2, 0) is 4.74 Å². The Kier molecular flexibility index (Phi) is 4.04. The SMILES string of the molecule is COC(=O)c1ccc(OCC#N)c(C=O)c1. The number of methoxy groups -OCH3 is 1. The van der Waals surface area contributed by atoms with Gasteiger partial charge in [-0.05, 0) is 18.2 Å². The molecule has 0 radical (unpaired) electrons. The quantitative estimate of drug-likeness (QED) is 0.561. The van der Waals surface area contributed by atoms with Crippen molar-refractivity contribution < 1.29 is 19.1 Å². The number of carbonyl (C=O) groups excluding carboxylic acids is 2. The van der Waals surface area contributed by atoms with E-state index in [0.717, 1.165) is 0 Å². The fourth-order valence-electron chi connectivity index (χ4n) is 1.13. The lowest BCUT2D eigenvalue weighted by Crippen LogP contribution is -2.04. The van der Waals surface area contributed by atoms with Gasteiger partial charge in [0.05, 0.1) is 18.2 Å². The molecule has 0 aliphatic rings. The first kappa shape index (κ1) is 11.7. The second kappa shape index (κ2) is 5.51. The largest absolute Gasteiger partial charge is 0.478 e. The van der Waals surface area contributed by atoms with Gasteiger partial charge in [0.2, 0.25) is 0 Å². The summed E-state index contributed by atoms with van der Waals surface area (Å²) in [4.78, 5) is 21.9. The lowest BCUT2D eigenvalue weighted by atomic mass is 10.1. The summed E-state index contributed by atoms with van der Waals surface area (Å²) < 4.78 is 9.51. The van der Waals surface area contributed by atoms with Crippen LogP contribution in [0.25, 0.3) is 0 Å². The third-order valence-corrected chi connectivity index (χ3v) is 1.85. The van der Waals surface area contributed by atoms with Crippen LogP contribution in [0.5, 0.6) is 5.75 Å². The number of nitrogens with zero attached hydrogens (tertiary/aromatic N) is 1. The van der Waals surface area contributed by atoms with Crippen LogP contribution in [0.15, 0.2) is 18.2 Å². The first-order chi connectivity index (χ1) is 7.72. The molecule has 0 spiro atoms. The molecule has 0 atom stereocenters. The van der Waals surface area contributed by atoms with E-state index >= 15 is 0 Å². The van der Waals surface area contributed by atoms with Crippen molar-refractivity contribution in [1.82, 2.24) is 0 Å². The summed E-state index contributed by atoms with van der Waals surface area (Å²) >= 11 is 0. The van der Waals surface area contributed by atoms with Crippen molar-refractivity contribution in [3.63, 3.8) is 0 Å². The van der Waals surface area contributed by atoms with Crippen LogP contribution in [0, 0.1) is 11.3 Å². The fourth-order valence-corrected chi connectivity index (χ4v) is 1.13. The summed E-state index contributed by atoms with van der Waals surface area (Å²) in [5, 5.41) is 8.33. The molecule has 16 heavy (non-hydrogen) atoms. The smallest absolute Gasteiger partial charge is 0.337 e. The number of nitriles is 1. The van der Waals surface area contributed by atoms with Gasteiger partial charge in [0.15, 0.2) is 12.9 Å². The molecule has 1 aromatic rings. The highest BCUT2D eigenvalue weighted by molar-refractivity contribution is 5.92. The van der Waals surface area contributed by atoms with Gasteiger partial charge in [0, 0.05) is 0 Å². The molecule has 5 nitrogen and oxygen atoms in total. The maximum Gasteiger partial charge on any atom is 0.337 e. The minimum absolute atomic E-state index is 0.154. The molecule has 0 unspecified atom stereocenters. The lowest BCUT2D eigenvalue weighted by molar-refractivity contribution is 0.0600. The summed E-state index contributed by atoms with van der Waals surface area (Å²) in [6.45, 7) is -0.154. The topological polar surface area (TPSA) is 76.4 Å². The highest BCUT2D eigenvalue weighted by Crippen LogP contribution is 2.18. The average Bonchev–Trinajstić information content (AvgIpc) is 2.35. The van der Waals surface area contributed by atoms with Gasteiger partial charge in [-0.1, -0.05) is 0 Å². The molecular weight excluding hydrogens is 210 g/mol. The molecule has 0 fully saturated rings. The number of ether oxygens (including phenoxy) is 2. The number of hydrogen-bond donors (Lipinski definition) is 0. The molecule has 0 aliphatic heterocycles. The third kappa shape index (κ3) is 2.58. The summed E-state index contributed by atoms with van der Waals surface area (Å²) in [5.41, 5.74) is 0.465. The van der Waals surface area contributed by atoms with Crippen molar-refractivity contribution in [3.05, 3.63) is 29.3 Å². The van der Waals surface area contributed by atoms with Gasteiger partial charge in [-0.3, -0.25) is 4.79 Å². The van der Waals surface area contributed by atoms with Crippen molar-refractivity contribution in [2.24, 2.45) is 0 Å². The number of carbonyl (C=O) groups is 2. The van der Waals surface area contributed by atoms with E-state index in [2.05, 4.69) is 4.74 Å². The van der Waals surface area contributed by atoms with E-state index in [1.54, 1.807) is 6.07 Å². The van der Waals surface area contributed by atoms with E-state index in [1.165, 1.54) is 25.3 Å². The Bertz CT molecular complexity index is 448. The average molecular weight is 219 g/mol.